The number of hydrogen-bond acceptors (Lipinski definition) is 3. The topological polar surface area (TPSA) is 41.5 Å². The van der Waals surface area contributed by atoms with E-state index in [1.165, 1.54) is 13.2 Å². The maximum Gasteiger partial charge on any atom is 0.150 e. The SMILES string of the molecule is COc1ccc(O)c(CNc2c(F)cc(F)cc2Br)c1. The van der Waals surface area contributed by atoms with Gasteiger partial charge in [-0.1, -0.05) is 0 Å². The van der Waals surface area contributed by atoms with Crippen molar-refractivity contribution >= 4 is 21.6 Å². The molecule has 0 atom stereocenters. The molecule has 2 N–H and O–H groups in total. The second-order valence-corrected chi connectivity index (χ2v) is 4.95. The minimum Gasteiger partial charge on any atom is -0.508 e. The Morgan fingerprint density at radius 3 is 2.65 bits per heavy atom. The first-order valence-corrected chi connectivity index (χ1v) is 6.55. The van der Waals surface area contributed by atoms with E-state index in [0.717, 1.165) is 12.1 Å². The largest absolute Gasteiger partial charge is 0.508 e. The molecule has 0 aliphatic carbocycles. The predicted octanol–water partition coefficient (Wildman–Crippen LogP) is 4.05. The van der Waals surface area contributed by atoms with Crippen LogP contribution in [0.4, 0.5) is 14.5 Å². The van der Waals surface area contributed by atoms with E-state index in [-0.39, 0.29) is 22.5 Å². The van der Waals surface area contributed by atoms with Crippen molar-refractivity contribution in [3.63, 3.8) is 0 Å². The molecule has 2 aromatic carbocycles. The first-order valence-electron chi connectivity index (χ1n) is 5.75. The molecule has 2 aromatic rings. The molecule has 106 valence electrons. The van der Waals surface area contributed by atoms with E-state index in [2.05, 4.69) is 21.2 Å². The fraction of sp³-hybridized carbons (Fsp3) is 0.143. The maximum absolute atomic E-state index is 13.6. The molecule has 2 rings (SSSR count). The monoisotopic (exact) mass is 343 g/mol. The van der Waals surface area contributed by atoms with Crippen LogP contribution < -0.4 is 10.1 Å². The number of hydrogen-bond donors (Lipinski definition) is 2. The molecule has 0 aliphatic rings. The van der Waals surface area contributed by atoms with E-state index >= 15 is 0 Å². The van der Waals surface area contributed by atoms with E-state index in [9.17, 15) is 13.9 Å². The van der Waals surface area contributed by atoms with Crippen molar-refractivity contribution in [1.82, 2.24) is 0 Å². The average Bonchev–Trinajstić information content (AvgIpc) is 2.39. The lowest BCUT2D eigenvalue weighted by atomic mass is 10.2. The lowest BCUT2D eigenvalue weighted by molar-refractivity contribution is 0.411. The highest BCUT2D eigenvalue weighted by molar-refractivity contribution is 9.10. The van der Waals surface area contributed by atoms with Crippen molar-refractivity contribution in [2.45, 2.75) is 6.54 Å². The number of anilines is 1. The summed E-state index contributed by atoms with van der Waals surface area (Å²) >= 11 is 3.09. The number of phenolic OH excluding ortho intramolecular Hbond substituents is 1. The van der Waals surface area contributed by atoms with Crippen LogP contribution in [0.1, 0.15) is 5.56 Å². The molecule has 6 heteroatoms. The van der Waals surface area contributed by atoms with Crippen LogP contribution in [-0.2, 0) is 6.54 Å². The number of methoxy groups -OCH3 is 1. The molecular formula is C14H12BrF2NO2. The van der Waals surface area contributed by atoms with Crippen LogP contribution >= 0.6 is 15.9 Å². The van der Waals surface area contributed by atoms with Crippen molar-refractivity contribution < 1.29 is 18.6 Å². The molecular weight excluding hydrogens is 332 g/mol. The summed E-state index contributed by atoms with van der Waals surface area (Å²) in [6.07, 6.45) is 0. The third-order valence-corrected chi connectivity index (χ3v) is 3.37. The highest BCUT2D eigenvalue weighted by Gasteiger charge is 2.10. The molecule has 0 bridgehead atoms. The third kappa shape index (κ3) is 3.19. The number of phenols is 1. The third-order valence-electron chi connectivity index (χ3n) is 2.75. The number of halogens is 3. The van der Waals surface area contributed by atoms with E-state index in [1.54, 1.807) is 12.1 Å². The summed E-state index contributed by atoms with van der Waals surface area (Å²) in [5, 5.41) is 12.5. The van der Waals surface area contributed by atoms with Gasteiger partial charge >= 0.3 is 0 Å². The summed E-state index contributed by atoms with van der Waals surface area (Å²) in [6, 6.07) is 6.70. The summed E-state index contributed by atoms with van der Waals surface area (Å²) in [5.74, 6) is -0.724. The van der Waals surface area contributed by atoms with Gasteiger partial charge in [0.25, 0.3) is 0 Å². The molecule has 0 saturated heterocycles. The molecule has 0 fully saturated rings. The Morgan fingerprint density at radius 1 is 1.25 bits per heavy atom. The van der Waals surface area contributed by atoms with Crippen LogP contribution in [0.25, 0.3) is 0 Å². The van der Waals surface area contributed by atoms with Gasteiger partial charge in [0.05, 0.1) is 12.8 Å². The van der Waals surface area contributed by atoms with Crippen LogP contribution in [0.5, 0.6) is 11.5 Å². The summed E-state index contributed by atoms with van der Waals surface area (Å²) in [7, 11) is 1.51. The maximum atomic E-state index is 13.6. The zero-order chi connectivity index (χ0) is 14.7. The summed E-state index contributed by atoms with van der Waals surface area (Å²) < 4.78 is 31.9. The molecule has 20 heavy (non-hydrogen) atoms. The van der Waals surface area contributed by atoms with Crippen molar-refractivity contribution in [3.8, 4) is 11.5 Å². The lowest BCUT2D eigenvalue weighted by Gasteiger charge is -2.12. The van der Waals surface area contributed by atoms with Gasteiger partial charge in [-0.2, -0.15) is 0 Å². The fourth-order valence-electron chi connectivity index (χ4n) is 1.73. The molecule has 0 saturated carbocycles. The molecule has 0 heterocycles. The Labute approximate surface area is 123 Å². The Morgan fingerprint density at radius 2 is 2.00 bits per heavy atom. The molecule has 0 radical (unpaired) electrons. The number of rotatable bonds is 4. The quantitative estimate of drug-likeness (QED) is 0.879. The second-order valence-electron chi connectivity index (χ2n) is 4.09. The van der Waals surface area contributed by atoms with Gasteiger partial charge in [0.15, 0.2) is 0 Å². The van der Waals surface area contributed by atoms with Crippen molar-refractivity contribution in [1.29, 1.82) is 0 Å². The summed E-state index contributed by atoms with van der Waals surface area (Å²) in [6.45, 7) is 0.171. The smallest absolute Gasteiger partial charge is 0.150 e. The number of nitrogens with one attached hydrogen (secondary N) is 1. The molecule has 0 unspecified atom stereocenters. The lowest BCUT2D eigenvalue weighted by Crippen LogP contribution is -2.03. The minimum absolute atomic E-state index is 0.0666. The Kier molecular flexibility index (Phi) is 4.44. The molecule has 0 aromatic heterocycles. The van der Waals surface area contributed by atoms with Gasteiger partial charge < -0.3 is 15.2 Å². The van der Waals surface area contributed by atoms with E-state index in [0.29, 0.717) is 11.3 Å². The van der Waals surface area contributed by atoms with Crippen molar-refractivity contribution in [3.05, 3.63) is 52.0 Å². The van der Waals surface area contributed by atoms with Crippen LogP contribution in [0.2, 0.25) is 0 Å². The summed E-state index contributed by atoms with van der Waals surface area (Å²) in [5.41, 5.74) is 0.675. The van der Waals surface area contributed by atoms with Gasteiger partial charge in [-0.3, -0.25) is 0 Å². The molecule has 3 nitrogen and oxygen atoms in total. The minimum atomic E-state index is -0.709. The second kappa shape index (κ2) is 6.09. The number of aromatic hydroxyl groups is 1. The standard InChI is InChI=1S/C14H12BrF2NO2/c1-20-10-2-3-13(19)8(4-10)7-18-14-11(15)5-9(16)6-12(14)17/h2-6,18-19H,7H2,1H3. The van der Waals surface area contributed by atoms with E-state index < -0.39 is 11.6 Å². The van der Waals surface area contributed by atoms with E-state index in [1.807, 2.05) is 0 Å². The van der Waals surface area contributed by atoms with Gasteiger partial charge in [0.1, 0.15) is 23.1 Å². The number of ether oxygens (including phenoxy) is 1. The fourth-order valence-corrected chi connectivity index (χ4v) is 2.27. The Hall–Kier alpha value is -1.82. The first-order chi connectivity index (χ1) is 9.51. The average molecular weight is 344 g/mol. The Balaban J connectivity index is 2.21. The van der Waals surface area contributed by atoms with Crippen molar-refractivity contribution in [2.24, 2.45) is 0 Å². The molecule has 0 aliphatic heterocycles. The Bertz CT molecular complexity index is 612. The van der Waals surface area contributed by atoms with E-state index in [4.69, 9.17) is 4.74 Å². The highest BCUT2D eigenvalue weighted by Crippen LogP contribution is 2.29. The van der Waals surface area contributed by atoms with Gasteiger partial charge in [0.2, 0.25) is 0 Å². The van der Waals surface area contributed by atoms with Gasteiger partial charge in [0, 0.05) is 22.6 Å². The van der Waals surface area contributed by atoms with Crippen LogP contribution in [0, 0.1) is 11.6 Å². The molecule has 0 amide bonds. The van der Waals surface area contributed by atoms with Gasteiger partial charge in [-0.05, 0) is 40.2 Å². The zero-order valence-electron chi connectivity index (χ0n) is 10.6. The zero-order valence-corrected chi connectivity index (χ0v) is 12.2. The number of benzene rings is 2. The first kappa shape index (κ1) is 14.6. The highest BCUT2D eigenvalue weighted by atomic mass is 79.9. The van der Waals surface area contributed by atoms with Crippen LogP contribution in [0.3, 0.4) is 0 Å². The van der Waals surface area contributed by atoms with Crippen LogP contribution in [-0.4, -0.2) is 12.2 Å². The summed E-state index contributed by atoms with van der Waals surface area (Å²) in [4.78, 5) is 0. The van der Waals surface area contributed by atoms with Gasteiger partial charge in [-0.25, -0.2) is 8.78 Å². The van der Waals surface area contributed by atoms with Crippen molar-refractivity contribution in [2.75, 3.05) is 12.4 Å². The van der Waals surface area contributed by atoms with Crippen LogP contribution in [0.15, 0.2) is 34.8 Å². The van der Waals surface area contributed by atoms with Gasteiger partial charge in [-0.15, -0.1) is 0 Å². The normalized spacial score (nSPS) is 10.4. The predicted molar refractivity (Wildman–Crippen MR) is 76.0 cm³/mol. The molecule has 0 spiro atoms.